The maximum atomic E-state index is 13.2. The summed E-state index contributed by atoms with van der Waals surface area (Å²) in [6.45, 7) is 3.53. The molecule has 0 spiro atoms. The Morgan fingerprint density at radius 1 is 0.639 bits per heavy atom. The summed E-state index contributed by atoms with van der Waals surface area (Å²) in [7, 11) is -5.31. The van der Waals surface area contributed by atoms with Crippen LogP contribution in [0.25, 0.3) is 21.5 Å². The molecule has 0 amide bonds. The number of hydrogen-bond donors (Lipinski definition) is 0. The van der Waals surface area contributed by atoms with E-state index in [0.29, 0.717) is 0 Å². The van der Waals surface area contributed by atoms with Crippen LogP contribution in [-0.4, -0.2) is 60.0 Å². The molecule has 3 aromatic carbocycles. The van der Waals surface area contributed by atoms with Crippen molar-refractivity contribution in [2.45, 2.75) is 40.6 Å². The SMILES string of the molecule is CCCC[N+](C)(C)C.O=S(=O)(c1c2ccccc2c(S(=O)(=O)C(F)(F)F)c2ccccc12)C(F)(F)F. The van der Waals surface area contributed by atoms with E-state index in [-0.39, 0.29) is 0 Å². The van der Waals surface area contributed by atoms with Crippen molar-refractivity contribution in [2.24, 2.45) is 0 Å². The molecular weight excluding hydrogens is 532 g/mol. The quantitative estimate of drug-likeness (QED) is 0.217. The number of alkyl halides is 6. The van der Waals surface area contributed by atoms with Crippen LogP contribution in [0.5, 0.6) is 0 Å². The third kappa shape index (κ3) is 5.94. The van der Waals surface area contributed by atoms with Crippen LogP contribution in [0, 0.1) is 0 Å². The summed E-state index contributed by atoms with van der Waals surface area (Å²) in [5.74, 6) is 0. The van der Waals surface area contributed by atoms with Crippen LogP contribution < -0.4 is 0 Å². The monoisotopic (exact) mass is 558 g/mol. The molecule has 0 N–H and O–H groups in total. The van der Waals surface area contributed by atoms with E-state index in [0.717, 1.165) is 53.0 Å². The summed E-state index contributed by atoms with van der Waals surface area (Å²) in [6.07, 6.45) is 2.67. The average molecular weight is 559 g/mol. The van der Waals surface area contributed by atoms with Gasteiger partial charge in [-0.15, -0.1) is 0 Å². The van der Waals surface area contributed by atoms with Crippen LogP contribution in [0.4, 0.5) is 26.3 Å². The fraction of sp³-hybridized carbons (Fsp3) is 0.391. The lowest BCUT2D eigenvalue weighted by molar-refractivity contribution is -0.870. The standard InChI is InChI=1S/C16H8F6O4S2.C7H18N/c17-15(18,19)27(23,24)13-9-5-1-2-6-10(9)14(28(25,26)16(20,21)22)12-8-4-3-7-11(12)13;1-5-6-7-8(2,3)4/h1-8H;5-7H2,1-4H3/q;+1. The Balaban J connectivity index is 0.000000493. The van der Waals surface area contributed by atoms with Crippen LogP contribution in [0.3, 0.4) is 0 Å². The molecule has 0 saturated carbocycles. The van der Waals surface area contributed by atoms with Crippen molar-refractivity contribution in [1.82, 2.24) is 0 Å². The zero-order chi connectivity index (χ0) is 27.7. The Labute approximate surface area is 205 Å². The van der Waals surface area contributed by atoms with Crippen LogP contribution in [-0.2, 0) is 19.7 Å². The number of hydrogen-bond acceptors (Lipinski definition) is 4. The van der Waals surface area contributed by atoms with Crippen LogP contribution in [0.15, 0.2) is 58.3 Å². The number of rotatable bonds is 5. The second-order valence-electron chi connectivity index (χ2n) is 9.02. The van der Waals surface area contributed by atoms with Crippen LogP contribution >= 0.6 is 0 Å². The Bertz CT molecular complexity index is 1300. The molecule has 0 aliphatic carbocycles. The van der Waals surface area contributed by atoms with Crippen molar-refractivity contribution < 1.29 is 47.7 Å². The highest BCUT2D eigenvalue weighted by Crippen LogP contribution is 2.45. The maximum Gasteiger partial charge on any atom is 0.501 e. The van der Waals surface area contributed by atoms with E-state index in [9.17, 15) is 43.2 Å². The van der Waals surface area contributed by atoms with Crippen molar-refractivity contribution in [2.75, 3.05) is 27.7 Å². The zero-order valence-corrected chi connectivity index (χ0v) is 21.5. The lowest BCUT2D eigenvalue weighted by Gasteiger charge is -2.23. The molecule has 13 heteroatoms. The molecular formula is C23H26F6NO4S2+. The molecule has 0 atom stereocenters. The largest absolute Gasteiger partial charge is 0.501 e. The minimum atomic E-state index is -6.00. The van der Waals surface area contributed by atoms with Gasteiger partial charge in [0.1, 0.15) is 0 Å². The lowest BCUT2D eigenvalue weighted by atomic mass is 10.0. The number of nitrogens with zero attached hydrogens (tertiary/aromatic N) is 1. The van der Waals surface area contributed by atoms with Gasteiger partial charge >= 0.3 is 11.0 Å². The first-order valence-electron chi connectivity index (χ1n) is 10.6. The number of unbranched alkanes of at least 4 members (excludes halogenated alkanes) is 1. The third-order valence-electron chi connectivity index (χ3n) is 5.16. The van der Waals surface area contributed by atoms with Gasteiger partial charge in [0.05, 0.1) is 37.5 Å². The Hall–Kier alpha value is -2.38. The van der Waals surface area contributed by atoms with Gasteiger partial charge in [-0.1, -0.05) is 61.9 Å². The molecule has 0 aliphatic heterocycles. The van der Waals surface area contributed by atoms with Crippen molar-refractivity contribution in [3.05, 3.63) is 48.5 Å². The Morgan fingerprint density at radius 2 is 0.917 bits per heavy atom. The molecule has 0 fully saturated rings. The highest BCUT2D eigenvalue weighted by atomic mass is 32.2. The minimum absolute atomic E-state index is 0.777. The summed E-state index contributed by atoms with van der Waals surface area (Å²) in [5, 5.41) is -3.11. The van der Waals surface area contributed by atoms with E-state index >= 15 is 0 Å². The number of fused-ring (bicyclic) bond motifs is 2. The van der Waals surface area contributed by atoms with Gasteiger partial charge in [-0.05, 0) is 6.42 Å². The van der Waals surface area contributed by atoms with Gasteiger partial charge < -0.3 is 4.48 Å². The van der Waals surface area contributed by atoms with Crippen molar-refractivity contribution in [3.63, 3.8) is 0 Å². The van der Waals surface area contributed by atoms with Gasteiger partial charge in [0.25, 0.3) is 19.7 Å². The number of halogens is 6. The predicted octanol–water partition coefficient (Wildman–Crippen LogP) is 6.07. The summed E-state index contributed by atoms with van der Waals surface area (Å²) in [5.41, 5.74) is -11.5. The van der Waals surface area contributed by atoms with Gasteiger partial charge in [0, 0.05) is 21.5 Å². The molecule has 36 heavy (non-hydrogen) atoms. The van der Waals surface area contributed by atoms with Crippen LogP contribution in [0.2, 0.25) is 0 Å². The first kappa shape index (κ1) is 29.8. The smallest absolute Gasteiger partial charge is 0.331 e. The Morgan fingerprint density at radius 3 is 1.08 bits per heavy atom. The van der Waals surface area contributed by atoms with E-state index in [1.165, 1.54) is 19.4 Å². The summed E-state index contributed by atoms with van der Waals surface area (Å²) in [4.78, 5) is -2.60. The van der Waals surface area contributed by atoms with Crippen LogP contribution in [0.1, 0.15) is 19.8 Å². The highest BCUT2D eigenvalue weighted by molar-refractivity contribution is 7.93. The fourth-order valence-corrected chi connectivity index (χ4v) is 5.82. The first-order chi connectivity index (χ1) is 16.3. The second kappa shape index (κ2) is 10.2. The van der Waals surface area contributed by atoms with Gasteiger partial charge in [0.15, 0.2) is 0 Å². The van der Waals surface area contributed by atoms with E-state index in [1.54, 1.807) is 0 Å². The molecule has 5 nitrogen and oxygen atoms in total. The van der Waals surface area contributed by atoms with Crippen molar-refractivity contribution in [3.8, 4) is 0 Å². The molecule has 200 valence electrons. The molecule has 0 aromatic heterocycles. The average Bonchev–Trinajstić information content (AvgIpc) is 2.73. The van der Waals surface area contributed by atoms with Gasteiger partial charge in [-0.2, -0.15) is 26.3 Å². The highest BCUT2D eigenvalue weighted by Gasteiger charge is 2.51. The summed E-state index contributed by atoms with van der Waals surface area (Å²) >= 11 is 0. The molecule has 0 saturated heterocycles. The topological polar surface area (TPSA) is 68.3 Å². The van der Waals surface area contributed by atoms with Gasteiger partial charge in [-0.3, -0.25) is 0 Å². The second-order valence-corrected chi connectivity index (χ2v) is 12.8. The zero-order valence-electron chi connectivity index (χ0n) is 19.9. The van der Waals surface area contributed by atoms with Crippen molar-refractivity contribution >= 4 is 41.2 Å². The summed E-state index contributed by atoms with van der Waals surface area (Å²) in [6, 6.07) is 7.69. The fourth-order valence-electron chi connectivity index (χ4n) is 3.49. The predicted molar refractivity (Wildman–Crippen MR) is 126 cm³/mol. The van der Waals surface area contributed by atoms with E-state index < -0.39 is 62.0 Å². The molecule has 0 unspecified atom stereocenters. The van der Waals surface area contributed by atoms with E-state index in [2.05, 4.69) is 28.1 Å². The third-order valence-corrected chi connectivity index (χ3v) is 8.34. The number of quaternary nitrogens is 1. The minimum Gasteiger partial charge on any atom is -0.331 e. The molecule has 3 aromatic rings. The van der Waals surface area contributed by atoms with E-state index in [4.69, 9.17) is 0 Å². The molecule has 0 bridgehead atoms. The van der Waals surface area contributed by atoms with E-state index in [1.807, 2.05) is 0 Å². The van der Waals surface area contributed by atoms with Gasteiger partial charge in [0.2, 0.25) is 0 Å². The number of benzene rings is 3. The lowest BCUT2D eigenvalue weighted by Crippen LogP contribution is -2.35. The normalized spacial score (nSPS) is 13.5. The maximum absolute atomic E-state index is 13.2. The molecule has 0 heterocycles. The van der Waals surface area contributed by atoms with Gasteiger partial charge in [-0.25, -0.2) is 16.8 Å². The molecule has 0 radical (unpaired) electrons. The van der Waals surface area contributed by atoms with Crippen molar-refractivity contribution in [1.29, 1.82) is 0 Å². The molecule has 3 rings (SSSR count). The summed E-state index contributed by atoms with van der Waals surface area (Å²) < 4.78 is 129. The number of sulfone groups is 2. The first-order valence-corrected chi connectivity index (χ1v) is 13.6. The molecule has 0 aliphatic rings. The Kier molecular flexibility index (Phi) is 8.43.